The Bertz CT molecular complexity index is 327. The monoisotopic (exact) mass is 233 g/mol. The molecule has 0 fully saturated rings. The molecule has 0 saturated heterocycles. The molecule has 0 aromatic carbocycles. The average Bonchev–Trinajstić information content (AvgIpc) is 2.62. The molecule has 0 aromatic heterocycles. The zero-order chi connectivity index (χ0) is 10.2. The highest BCUT2D eigenvalue weighted by atomic mass is 32.3. The van der Waals surface area contributed by atoms with Crippen LogP contribution in [0.4, 0.5) is 0 Å². The Morgan fingerprint density at radius 2 is 2.43 bits per heavy atom. The zero-order valence-electron chi connectivity index (χ0n) is 7.28. The summed E-state index contributed by atoms with van der Waals surface area (Å²) in [4.78, 5) is 0. The van der Waals surface area contributed by atoms with Gasteiger partial charge in [0.05, 0.1) is 0 Å². The van der Waals surface area contributed by atoms with Crippen LogP contribution in [-0.2, 0) is 0 Å². The predicted octanol–water partition coefficient (Wildman–Crippen LogP) is 1.73. The first-order valence-corrected chi connectivity index (χ1v) is 6.53. The lowest BCUT2D eigenvalue weighted by Gasteiger charge is -2.26. The molecule has 2 aliphatic rings. The second-order valence-corrected chi connectivity index (χ2v) is 5.81. The van der Waals surface area contributed by atoms with Gasteiger partial charge in [-0.2, -0.15) is 5.10 Å². The summed E-state index contributed by atoms with van der Waals surface area (Å²) in [5.41, 5.74) is 5.43. The summed E-state index contributed by atoms with van der Waals surface area (Å²) in [7, 11) is -2.77. The standard InChI is InChI=1S/C7H11N3O2S2/c8-7-10(3-4-13-7)9-6-2-1-5-14(6,11)12/h1,3-5,7,11-12H,2,8H2. The fraction of sp³-hybridized carbons (Fsp3) is 0.286. The highest BCUT2D eigenvalue weighted by Gasteiger charge is 2.24. The van der Waals surface area contributed by atoms with Crippen molar-refractivity contribution < 1.29 is 9.11 Å². The normalized spacial score (nSPS) is 34.4. The Balaban J connectivity index is 2.15. The van der Waals surface area contributed by atoms with Crippen LogP contribution >= 0.6 is 22.4 Å². The third kappa shape index (κ3) is 1.82. The van der Waals surface area contributed by atoms with E-state index in [2.05, 4.69) is 5.10 Å². The van der Waals surface area contributed by atoms with Crippen LogP contribution in [0.2, 0.25) is 0 Å². The molecule has 2 heterocycles. The molecule has 1 atom stereocenters. The van der Waals surface area contributed by atoms with E-state index >= 15 is 0 Å². The molecule has 1 unspecified atom stereocenters. The van der Waals surface area contributed by atoms with Crippen LogP contribution in [0, 0.1) is 0 Å². The van der Waals surface area contributed by atoms with Crippen LogP contribution in [0.1, 0.15) is 6.42 Å². The lowest BCUT2D eigenvalue weighted by Crippen LogP contribution is -2.29. The number of nitrogens with zero attached hydrogens (tertiary/aromatic N) is 2. The molecule has 78 valence electrons. The topological polar surface area (TPSA) is 82.1 Å². The van der Waals surface area contributed by atoms with Gasteiger partial charge in [-0.15, -0.1) is 10.6 Å². The molecular weight excluding hydrogens is 222 g/mol. The summed E-state index contributed by atoms with van der Waals surface area (Å²) in [6.45, 7) is 0. The zero-order valence-corrected chi connectivity index (χ0v) is 8.91. The molecule has 0 aliphatic carbocycles. The molecule has 2 aliphatic heterocycles. The number of rotatable bonds is 1. The number of allylic oxidation sites excluding steroid dienone is 1. The van der Waals surface area contributed by atoms with E-state index in [4.69, 9.17) is 5.73 Å². The minimum absolute atomic E-state index is 0.265. The van der Waals surface area contributed by atoms with E-state index in [-0.39, 0.29) is 5.50 Å². The molecule has 0 aromatic rings. The Morgan fingerprint density at radius 1 is 1.64 bits per heavy atom. The average molecular weight is 233 g/mol. The van der Waals surface area contributed by atoms with Crippen molar-refractivity contribution in [3.63, 3.8) is 0 Å². The van der Waals surface area contributed by atoms with E-state index in [0.29, 0.717) is 11.5 Å². The van der Waals surface area contributed by atoms with Gasteiger partial charge in [-0.3, -0.25) is 9.11 Å². The van der Waals surface area contributed by atoms with Gasteiger partial charge in [-0.05, 0) is 5.41 Å². The maximum Gasteiger partial charge on any atom is 0.152 e. The van der Waals surface area contributed by atoms with Crippen LogP contribution < -0.4 is 5.73 Å². The fourth-order valence-electron chi connectivity index (χ4n) is 1.13. The quantitative estimate of drug-likeness (QED) is 0.642. The van der Waals surface area contributed by atoms with Gasteiger partial charge in [-0.25, -0.2) is 5.01 Å². The van der Waals surface area contributed by atoms with Gasteiger partial charge in [0.15, 0.2) is 5.04 Å². The summed E-state index contributed by atoms with van der Waals surface area (Å²) in [6.07, 6.45) is 3.90. The first kappa shape index (κ1) is 10.1. The third-order valence-corrected chi connectivity index (χ3v) is 4.13. The lowest BCUT2D eigenvalue weighted by molar-refractivity contribution is 0.389. The van der Waals surface area contributed by atoms with E-state index in [1.165, 1.54) is 22.2 Å². The Morgan fingerprint density at radius 3 is 2.93 bits per heavy atom. The van der Waals surface area contributed by atoms with E-state index in [1.54, 1.807) is 12.3 Å². The van der Waals surface area contributed by atoms with E-state index in [1.807, 2.05) is 5.41 Å². The van der Waals surface area contributed by atoms with Gasteiger partial charge in [0.25, 0.3) is 0 Å². The minimum atomic E-state index is -2.77. The number of thioether (sulfide) groups is 1. The van der Waals surface area contributed by atoms with Gasteiger partial charge in [0.2, 0.25) is 0 Å². The molecule has 0 saturated carbocycles. The maximum absolute atomic E-state index is 9.52. The fourth-order valence-corrected chi connectivity index (χ4v) is 2.81. The molecule has 0 radical (unpaired) electrons. The van der Waals surface area contributed by atoms with Crippen LogP contribution in [-0.4, -0.2) is 24.7 Å². The Kier molecular flexibility index (Phi) is 2.58. The molecule has 5 nitrogen and oxygen atoms in total. The number of hydrogen-bond donors (Lipinski definition) is 3. The predicted molar refractivity (Wildman–Crippen MR) is 60.6 cm³/mol. The summed E-state index contributed by atoms with van der Waals surface area (Å²) in [6, 6.07) is 0. The van der Waals surface area contributed by atoms with Crippen molar-refractivity contribution >= 4 is 27.4 Å². The largest absolute Gasteiger partial charge is 0.301 e. The van der Waals surface area contributed by atoms with E-state index in [0.717, 1.165) is 0 Å². The second kappa shape index (κ2) is 3.59. The molecule has 4 N–H and O–H groups in total. The molecular formula is C7H11N3O2S2. The van der Waals surface area contributed by atoms with Crippen LogP contribution in [0.5, 0.6) is 0 Å². The van der Waals surface area contributed by atoms with Crippen LogP contribution in [0.15, 0.2) is 28.2 Å². The number of hydrazone groups is 1. The van der Waals surface area contributed by atoms with Crippen molar-refractivity contribution in [3.8, 4) is 0 Å². The van der Waals surface area contributed by atoms with Crippen LogP contribution in [0.25, 0.3) is 0 Å². The molecule has 0 amide bonds. The molecule has 7 heteroatoms. The highest BCUT2D eigenvalue weighted by Crippen LogP contribution is 2.48. The van der Waals surface area contributed by atoms with Crippen molar-refractivity contribution in [1.82, 2.24) is 5.01 Å². The third-order valence-electron chi connectivity index (χ3n) is 1.84. The summed E-state index contributed by atoms with van der Waals surface area (Å²) < 4.78 is 19.0. The highest BCUT2D eigenvalue weighted by molar-refractivity contribution is 8.39. The maximum atomic E-state index is 9.52. The van der Waals surface area contributed by atoms with Crippen molar-refractivity contribution in [2.45, 2.75) is 11.9 Å². The van der Waals surface area contributed by atoms with Gasteiger partial charge in [-0.1, -0.05) is 17.8 Å². The van der Waals surface area contributed by atoms with Gasteiger partial charge in [0, 0.05) is 18.0 Å². The second-order valence-electron chi connectivity index (χ2n) is 2.85. The molecule has 0 spiro atoms. The molecule has 0 bridgehead atoms. The Hall–Kier alpha value is -0.470. The van der Waals surface area contributed by atoms with E-state index < -0.39 is 10.6 Å². The summed E-state index contributed by atoms with van der Waals surface area (Å²) >= 11 is 1.43. The number of nitrogens with two attached hydrogens (primary N) is 1. The molecule has 14 heavy (non-hydrogen) atoms. The van der Waals surface area contributed by atoms with Crippen molar-refractivity contribution in [2.24, 2.45) is 10.8 Å². The smallest absolute Gasteiger partial charge is 0.152 e. The Labute approximate surface area is 87.7 Å². The van der Waals surface area contributed by atoms with Crippen molar-refractivity contribution in [3.05, 3.63) is 23.1 Å². The van der Waals surface area contributed by atoms with E-state index in [9.17, 15) is 9.11 Å². The van der Waals surface area contributed by atoms with Gasteiger partial charge < -0.3 is 5.73 Å². The summed E-state index contributed by atoms with van der Waals surface area (Å²) in [5, 5.41) is 9.22. The van der Waals surface area contributed by atoms with Crippen molar-refractivity contribution in [1.29, 1.82) is 0 Å². The number of hydrogen-bond acceptors (Lipinski definition) is 6. The van der Waals surface area contributed by atoms with Gasteiger partial charge in [0.1, 0.15) is 5.50 Å². The summed E-state index contributed by atoms with van der Waals surface area (Å²) in [5.74, 6) is 0. The van der Waals surface area contributed by atoms with Crippen LogP contribution in [0.3, 0.4) is 0 Å². The first-order chi connectivity index (χ1) is 6.59. The van der Waals surface area contributed by atoms with Gasteiger partial charge >= 0.3 is 0 Å². The lowest BCUT2D eigenvalue weighted by atomic mass is 10.5. The first-order valence-electron chi connectivity index (χ1n) is 3.98. The SMILES string of the molecule is NC1SC=CN1N=C1CC=CS1(O)O. The minimum Gasteiger partial charge on any atom is -0.301 e. The molecule has 2 rings (SSSR count). The van der Waals surface area contributed by atoms with Crippen molar-refractivity contribution in [2.75, 3.05) is 0 Å².